The summed E-state index contributed by atoms with van der Waals surface area (Å²) in [6, 6.07) is 0. The van der Waals surface area contributed by atoms with E-state index in [-0.39, 0.29) is 103 Å². The molecule has 2 unspecified atom stereocenters. The Kier molecular flexibility index (Phi) is 12.2. The first kappa shape index (κ1) is 23.4. The zero-order chi connectivity index (χ0) is 12.7. The van der Waals surface area contributed by atoms with Crippen LogP contribution in [0.25, 0.3) is 0 Å². The third-order valence-corrected chi connectivity index (χ3v) is 2.83. The molecule has 0 aromatic heterocycles. The van der Waals surface area contributed by atoms with E-state index in [9.17, 15) is 24.6 Å². The van der Waals surface area contributed by atoms with E-state index in [0.717, 1.165) is 0 Å². The fourth-order valence-electron chi connectivity index (χ4n) is 1.47. The normalized spacial score (nSPS) is 40.6. The van der Waals surface area contributed by atoms with Gasteiger partial charge < -0.3 is 44.4 Å². The maximum atomic E-state index is 10.3. The second kappa shape index (κ2) is 9.35. The molecule has 0 bridgehead atoms. The van der Waals surface area contributed by atoms with Gasteiger partial charge in [0.15, 0.2) is 0 Å². The molecule has 1 fully saturated rings. The number of aliphatic hydroxyl groups is 5. The van der Waals surface area contributed by atoms with Gasteiger partial charge >= 0.3 is 103 Å². The Balaban J connectivity index is 0. The molecule has 96 valence electrons. The molecule has 0 heterocycles. The Morgan fingerprint density at radius 1 is 0.778 bits per heavy atom. The van der Waals surface area contributed by atoms with Gasteiger partial charge in [0, 0.05) is 0 Å². The van der Waals surface area contributed by atoms with Crippen molar-refractivity contribution < 1.29 is 147 Å². The van der Waals surface area contributed by atoms with Crippen molar-refractivity contribution in [3.63, 3.8) is 0 Å². The van der Waals surface area contributed by atoms with Crippen LogP contribution in [0.15, 0.2) is 0 Å². The minimum absolute atomic E-state index is 0. The summed E-state index contributed by atoms with van der Waals surface area (Å²) in [6.45, 7) is 0. The molecule has 1 aliphatic rings. The predicted molar refractivity (Wildman–Crippen MR) is 42.5 cm³/mol. The summed E-state index contributed by atoms with van der Waals surface area (Å²) in [5, 5.41) is 45.9. The first-order chi connectivity index (χ1) is 7.15. The SMILES string of the molecule is O=P([O-])([O-])OC1[C@H](O)[C@H](O)C(O)[C@H](O)[C@H]1O.[K+].[K+]. The third-order valence-electron chi connectivity index (χ3n) is 2.32. The maximum absolute atomic E-state index is 10.3. The van der Waals surface area contributed by atoms with Gasteiger partial charge in [0.05, 0.1) is 7.82 Å². The number of aliphatic hydroxyl groups excluding tert-OH is 5. The average Bonchev–Trinajstić information content (AvgIpc) is 2.17. The summed E-state index contributed by atoms with van der Waals surface area (Å²) in [4.78, 5) is 20.6. The van der Waals surface area contributed by atoms with E-state index < -0.39 is 44.4 Å². The van der Waals surface area contributed by atoms with Crippen LogP contribution in [-0.4, -0.2) is 62.2 Å². The van der Waals surface area contributed by atoms with Crippen LogP contribution in [-0.2, 0) is 9.09 Å². The Hall–Kier alpha value is 3.18. The number of rotatable bonds is 2. The molecule has 1 saturated carbocycles. The third kappa shape index (κ3) is 6.12. The summed E-state index contributed by atoms with van der Waals surface area (Å²) in [6.07, 6.45) is -11.8. The Bertz CT molecular complexity index is 283. The van der Waals surface area contributed by atoms with Crippen LogP contribution in [0.1, 0.15) is 0 Å². The standard InChI is InChI=1S/C6H13O9P.2K/c7-1-2(8)4(10)6(5(11)3(1)9)15-16(12,13)14;;/h1-11H,(H2,12,13,14);;/q;2*+1/p-2/t1?,2-,3+,4-,5-,6?;;/m1../s1. The van der Waals surface area contributed by atoms with Gasteiger partial charge in [-0.1, -0.05) is 0 Å². The van der Waals surface area contributed by atoms with Crippen LogP contribution < -0.4 is 113 Å². The van der Waals surface area contributed by atoms with E-state index in [1.165, 1.54) is 0 Å². The summed E-state index contributed by atoms with van der Waals surface area (Å²) in [7, 11) is -5.51. The minimum atomic E-state index is -5.51. The molecule has 0 radical (unpaired) electrons. The maximum Gasteiger partial charge on any atom is 1.00 e. The first-order valence-corrected chi connectivity index (χ1v) is 5.72. The Morgan fingerprint density at radius 3 is 1.33 bits per heavy atom. The van der Waals surface area contributed by atoms with Crippen LogP contribution in [0.5, 0.6) is 0 Å². The second-order valence-corrected chi connectivity index (χ2v) is 4.58. The van der Waals surface area contributed by atoms with Gasteiger partial charge in [-0.3, -0.25) is 0 Å². The number of hydrogen-bond donors (Lipinski definition) is 5. The number of phosphoric acid groups is 1. The van der Waals surface area contributed by atoms with Crippen LogP contribution in [0.3, 0.4) is 0 Å². The molecule has 0 saturated heterocycles. The van der Waals surface area contributed by atoms with Crippen LogP contribution in [0, 0.1) is 0 Å². The van der Waals surface area contributed by atoms with Crippen molar-refractivity contribution in [2.75, 3.05) is 0 Å². The molecule has 0 aromatic carbocycles. The first-order valence-electron chi connectivity index (χ1n) is 4.26. The molecule has 12 heteroatoms. The van der Waals surface area contributed by atoms with Gasteiger partial charge in [-0.05, 0) is 0 Å². The zero-order valence-electron chi connectivity index (χ0n) is 9.78. The molecule has 9 nitrogen and oxygen atoms in total. The van der Waals surface area contributed by atoms with E-state index in [1.807, 2.05) is 0 Å². The molecule has 0 aliphatic heterocycles. The molecule has 6 atom stereocenters. The van der Waals surface area contributed by atoms with Crippen molar-refractivity contribution in [3.05, 3.63) is 0 Å². The molecule has 0 aromatic rings. The summed E-state index contributed by atoms with van der Waals surface area (Å²) >= 11 is 0. The molecule has 18 heavy (non-hydrogen) atoms. The van der Waals surface area contributed by atoms with E-state index >= 15 is 0 Å². The molecule has 0 spiro atoms. The van der Waals surface area contributed by atoms with E-state index in [4.69, 9.17) is 15.3 Å². The molecule has 0 amide bonds. The van der Waals surface area contributed by atoms with Crippen molar-refractivity contribution in [2.24, 2.45) is 0 Å². The topological polar surface area (TPSA) is 174 Å². The van der Waals surface area contributed by atoms with Crippen molar-refractivity contribution in [1.29, 1.82) is 0 Å². The average molecular weight is 336 g/mol. The van der Waals surface area contributed by atoms with Gasteiger partial charge in [-0.15, -0.1) is 0 Å². The van der Waals surface area contributed by atoms with Crippen LogP contribution >= 0.6 is 7.82 Å². The molecule has 1 aliphatic carbocycles. The number of hydrogen-bond acceptors (Lipinski definition) is 9. The van der Waals surface area contributed by atoms with Gasteiger partial charge in [-0.25, -0.2) is 0 Å². The largest absolute Gasteiger partial charge is 1.00 e. The summed E-state index contributed by atoms with van der Waals surface area (Å²) in [5.74, 6) is 0. The van der Waals surface area contributed by atoms with Crippen molar-refractivity contribution in [1.82, 2.24) is 0 Å². The second-order valence-electron chi connectivity index (χ2n) is 3.47. The molecular formula is C6H11K2O9P. The number of phosphoric ester groups is 1. The minimum Gasteiger partial charge on any atom is -0.790 e. The smallest absolute Gasteiger partial charge is 0.790 e. The Morgan fingerprint density at radius 2 is 1.06 bits per heavy atom. The summed E-state index contributed by atoms with van der Waals surface area (Å²) < 4.78 is 14.1. The van der Waals surface area contributed by atoms with Crippen molar-refractivity contribution in [3.8, 4) is 0 Å². The Labute approximate surface area is 188 Å². The monoisotopic (exact) mass is 336 g/mol. The fraction of sp³-hybridized carbons (Fsp3) is 1.00. The van der Waals surface area contributed by atoms with Crippen molar-refractivity contribution in [2.45, 2.75) is 36.6 Å². The fourth-order valence-corrected chi connectivity index (χ4v) is 2.02. The van der Waals surface area contributed by atoms with Crippen molar-refractivity contribution >= 4 is 7.82 Å². The van der Waals surface area contributed by atoms with E-state index in [1.54, 1.807) is 0 Å². The molecule has 5 N–H and O–H groups in total. The predicted octanol–water partition coefficient (Wildman–Crippen LogP) is -11.0. The molecular weight excluding hydrogens is 325 g/mol. The van der Waals surface area contributed by atoms with Gasteiger partial charge in [0.1, 0.15) is 36.6 Å². The van der Waals surface area contributed by atoms with E-state index in [0.29, 0.717) is 0 Å². The van der Waals surface area contributed by atoms with Crippen LogP contribution in [0.2, 0.25) is 0 Å². The van der Waals surface area contributed by atoms with Gasteiger partial charge in [-0.2, -0.15) is 0 Å². The van der Waals surface area contributed by atoms with Gasteiger partial charge in [0.25, 0.3) is 0 Å². The zero-order valence-corrected chi connectivity index (χ0v) is 16.9. The van der Waals surface area contributed by atoms with Gasteiger partial charge in [0.2, 0.25) is 0 Å². The van der Waals surface area contributed by atoms with Crippen LogP contribution in [0.4, 0.5) is 0 Å². The van der Waals surface area contributed by atoms with E-state index in [2.05, 4.69) is 4.52 Å². The quantitative estimate of drug-likeness (QED) is 0.242. The summed E-state index contributed by atoms with van der Waals surface area (Å²) in [5.41, 5.74) is 0. The molecule has 1 rings (SSSR count).